The van der Waals surface area contributed by atoms with E-state index in [2.05, 4.69) is 0 Å². The van der Waals surface area contributed by atoms with Crippen LogP contribution in [0.15, 0.2) is 18.2 Å². The minimum atomic E-state index is -0.793. The first-order valence-electron chi connectivity index (χ1n) is 8.49. The number of carbonyl (C=O) groups is 1. The van der Waals surface area contributed by atoms with Crippen molar-refractivity contribution in [1.82, 2.24) is 0 Å². The molecule has 24 heavy (non-hydrogen) atoms. The summed E-state index contributed by atoms with van der Waals surface area (Å²) in [4.78, 5) is 11.6. The van der Waals surface area contributed by atoms with Crippen molar-refractivity contribution in [1.29, 1.82) is 0 Å². The average Bonchev–Trinajstić information content (AvgIpc) is 3.24. The van der Waals surface area contributed by atoms with Crippen molar-refractivity contribution < 1.29 is 23.9 Å². The average molecular weight is 332 g/mol. The summed E-state index contributed by atoms with van der Waals surface area (Å²) in [5.41, 5.74) is -0.0278. The molecule has 5 nitrogen and oxygen atoms in total. The zero-order valence-corrected chi connectivity index (χ0v) is 15.0. The Labute approximate surface area is 143 Å². The largest absolute Gasteiger partial charge is 0.494 e. The summed E-state index contributed by atoms with van der Waals surface area (Å²) < 4.78 is 17.9. The van der Waals surface area contributed by atoms with Gasteiger partial charge in [0.1, 0.15) is 5.75 Å². The maximum absolute atomic E-state index is 11.6. The molecule has 0 bridgehead atoms. The third-order valence-electron chi connectivity index (χ3n) is 5.51. The van der Waals surface area contributed by atoms with Gasteiger partial charge in [0, 0.05) is 5.56 Å². The lowest BCUT2D eigenvalue weighted by atomic mass is 9.77. The van der Waals surface area contributed by atoms with Crippen LogP contribution in [0.2, 0.25) is 0 Å². The van der Waals surface area contributed by atoms with Gasteiger partial charge < -0.3 is 19.2 Å². The fourth-order valence-corrected chi connectivity index (χ4v) is 3.06. The quantitative estimate of drug-likeness (QED) is 0.840. The zero-order chi connectivity index (χ0) is 17.8. The standard InChI is InChI=1S/C18H25BO5/c1-6-22-14-11-12(19-23-16(2,3)17(4,5)24-19)7-8-13(14)18(9-10-18)15(20)21/h7-8,11H,6,9-10H2,1-5H3,(H,20,21). The van der Waals surface area contributed by atoms with Crippen molar-refractivity contribution in [3.8, 4) is 5.75 Å². The maximum atomic E-state index is 11.6. The van der Waals surface area contributed by atoms with Crippen LogP contribution in [0, 0.1) is 0 Å². The highest BCUT2D eigenvalue weighted by Crippen LogP contribution is 2.51. The number of benzene rings is 1. The third-order valence-corrected chi connectivity index (χ3v) is 5.51. The van der Waals surface area contributed by atoms with Crippen molar-refractivity contribution in [2.75, 3.05) is 6.61 Å². The molecular formula is C18H25BO5. The minimum Gasteiger partial charge on any atom is -0.494 e. The molecule has 1 saturated carbocycles. The summed E-state index contributed by atoms with van der Waals surface area (Å²) in [6.07, 6.45) is 1.30. The van der Waals surface area contributed by atoms with Gasteiger partial charge in [-0.1, -0.05) is 12.1 Å². The van der Waals surface area contributed by atoms with Gasteiger partial charge >= 0.3 is 13.1 Å². The van der Waals surface area contributed by atoms with Crippen LogP contribution in [0.5, 0.6) is 5.75 Å². The van der Waals surface area contributed by atoms with Gasteiger partial charge in [-0.3, -0.25) is 4.79 Å². The van der Waals surface area contributed by atoms with Gasteiger partial charge in [-0.25, -0.2) is 0 Å². The molecule has 0 aromatic heterocycles. The number of carboxylic acid groups (broad SMARTS) is 1. The van der Waals surface area contributed by atoms with E-state index in [0.717, 1.165) is 11.0 Å². The van der Waals surface area contributed by atoms with E-state index in [1.165, 1.54) is 0 Å². The topological polar surface area (TPSA) is 65.0 Å². The molecule has 1 aliphatic carbocycles. The van der Waals surface area contributed by atoms with Gasteiger partial charge in [-0.05, 0) is 59.0 Å². The first kappa shape index (κ1) is 17.3. The molecule has 1 aromatic carbocycles. The lowest BCUT2D eigenvalue weighted by molar-refractivity contribution is -0.140. The molecule has 0 spiro atoms. The van der Waals surface area contributed by atoms with Gasteiger partial charge in [-0.15, -0.1) is 0 Å². The van der Waals surface area contributed by atoms with Crippen molar-refractivity contribution in [3.63, 3.8) is 0 Å². The van der Waals surface area contributed by atoms with Crippen molar-refractivity contribution in [2.45, 2.75) is 64.1 Å². The highest BCUT2D eigenvalue weighted by molar-refractivity contribution is 6.62. The van der Waals surface area contributed by atoms with Crippen LogP contribution in [0.25, 0.3) is 0 Å². The van der Waals surface area contributed by atoms with E-state index < -0.39 is 29.7 Å². The smallest absolute Gasteiger partial charge is 0.494 e. The first-order valence-corrected chi connectivity index (χ1v) is 8.49. The van der Waals surface area contributed by atoms with Gasteiger partial charge in [0.2, 0.25) is 0 Å². The molecule has 1 aliphatic heterocycles. The van der Waals surface area contributed by atoms with Crippen LogP contribution in [0.4, 0.5) is 0 Å². The summed E-state index contributed by atoms with van der Waals surface area (Å²) in [5, 5.41) is 9.56. The molecule has 2 fully saturated rings. The Hall–Kier alpha value is -1.53. The fourth-order valence-electron chi connectivity index (χ4n) is 3.06. The summed E-state index contributed by atoms with van der Waals surface area (Å²) in [6, 6.07) is 5.61. The van der Waals surface area contributed by atoms with E-state index in [1.54, 1.807) is 0 Å². The Morgan fingerprint density at radius 2 is 1.79 bits per heavy atom. The highest BCUT2D eigenvalue weighted by Gasteiger charge is 2.54. The lowest BCUT2D eigenvalue weighted by Crippen LogP contribution is -2.41. The third kappa shape index (κ3) is 2.62. The summed E-state index contributed by atoms with van der Waals surface area (Å²) in [7, 11) is -0.483. The van der Waals surface area contributed by atoms with Gasteiger partial charge in [0.15, 0.2) is 0 Å². The Bertz CT molecular complexity index is 647. The predicted octanol–water partition coefficient (Wildman–Crippen LogP) is 2.50. The van der Waals surface area contributed by atoms with Gasteiger partial charge in [0.05, 0.1) is 23.2 Å². The molecule has 1 saturated heterocycles. The van der Waals surface area contributed by atoms with E-state index in [1.807, 2.05) is 52.8 Å². The van der Waals surface area contributed by atoms with Crippen molar-refractivity contribution in [2.24, 2.45) is 0 Å². The molecule has 0 atom stereocenters. The normalized spacial score (nSPS) is 23.1. The van der Waals surface area contributed by atoms with E-state index in [9.17, 15) is 9.90 Å². The van der Waals surface area contributed by atoms with Crippen LogP contribution in [-0.4, -0.2) is 36.0 Å². The van der Waals surface area contributed by atoms with E-state index in [4.69, 9.17) is 14.0 Å². The molecule has 3 rings (SSSR count). The molecule has 0 radical (unpaired) electrons. The molecule has 1 aromatic rings. The zero-order valence-electron chi connectivity index (χ0n) is 15.0. The summed E-state index contributed by atoms with van der Waals surface area (Å²) in [5.74, 6) is -0.170. The molecule has 1 N–H and O–H groups in total. The van der Waals surface area contributed by atoms with Crippen LogP contribution >= 0.6 is 0 Å². The van der Waals surface area contributed by atoms with E-state index in [-0.39, 0.29) is 0 Å². The van der Waals surface area contributed by atoms with Crippen molar-refractivity contribution >= 4 is 18.6 Å². The molecule has 1 heterocycles. The van der Waals surface area contributed by atoms with E-state index in [0.29, 0.717) is 25.2 Å². The first-order chi connectivity index (χ1) is 11.1. The number of ether oxygens (including phenoxy) is 1. The van der Waals surface area contributed by atoms with Gasteiger partial charge in [-0.2, -0.15) is 0 Å². The minimum absolute atomic E-state index is 0.416. The van der Waals surface area contributed by atoms with Crippen LogP contribution in [0.1, 0.15) is 53.0 Å². The molecule has 6 heteroatoms. The second kappa shape index (κ2) is 5.50. The second-order valence-electron chi connectivity index (χ2n) is 7.66. The molecule has 0 unspecified atom stereocenters. The Balaban J connectivity index is 1.95. The maximum Gasteiger partial charge on any atom is 0.494 e. The Morgan fingerprint density at radius 1 is 1.21 bits per heavy atom. The lowest BCUT2D eigenvalue weighted by Gasteiger charge is -2.32. The molecular weight excluding hydrogens is 307 g/mol. The molecule has 130 valence electrons. The number of rotatable bonds is 5. The van der Waals surface area contributed by atoms with Crippen molar-refractivity contribution in [3.05, 3.63) is 23.8 Å². The number of aliphatic carboxylic acids is 1. The SMILES string of the molecule is CCOc1cc(B2OC(C)(C)C(C)(C)O2)ccc1C1(C(=O)O)CC1. The molecule has 2 aliphatic rings. The number of hydrogen-bond acceptors (Lipinski definition) is 4. The van der Waals surface area contributed by atoms with Crippen LogP contribution in [-0.2, 0) is 19.5 Å². The fraction of sp³-hybridized carbons (Fsp3) is 0.611. The Morgan fingerprint density at radius 3 is 2.25 bits per heavy atom. The van der Waals surface area contributed by atoms with Gasteiger partial charge in [0.25, 0.3) is 0 Å². The molecule has 0 amide bonds. The second-order valence-corrected chi connectivity index (χ2v) is 7.66. The Kier molecular flexibility index (Phi) is 3.96. The van der Waals surface area contributed by atoms with Crippen LogP contribution < -0.4 is 10.2 Å². The monoisotopic (exact) mass is 332 g/mol. The summed E-state index contributed by atoms with van der Waals surface area (Å²) in [6.45, 7) is 10.4. The highest BCUT2D eigenvalue weighted by atomic mass is 16.7. The van der Waals surface area contributed by atoms with Crippen LogP contribution in [0.3, 0.4) is 0 Å². The number of carboxylic acids is 1. The summed E-state index contributed by atoms with van der Waals surface area (Å²) >= 11 is 0. The van der Waals surface area contributed by atoms with E-state index >= 15 is 0 Å². The predicted molar refractivity (Wildman–Crippen MR) is 91.9 cm³/mol. The number of hydrogen-bond donors (Lipinski definition) is 1.